The summed E-state index contributed by atoms with van der Waals surface area (Å²) >= 11 is 5.88. The normalized spacial score (nSPS) is 15.9. The van der Waals surface area contributed by atoms with Gasteiger partial charge in [0, 0.05) is 41.4 Å². The molecule has 0 saturated heterocycles. The summed E-state index contributed by atoms with van der Waals surface area (Å²) in [7, 11) is 0. The van der Waals surface area contributed by atoms with Crippen molar-refractivity contribution in [1.29, 1.82) is 0 Å². The van der Waals surface area contributed by atoms with Crippen molar-refractivity contribution < 1.29 is 9.59 Å². The minimum absolute atomic E-state index is 0.0319. The zero-order valence-electron chi connectivity index (χ0n) is 15.0. The molecule has 0 aliphatic carbocycles. The Morgan fingerprint density at radius 2 is 2.08 bits per heavy atom. The summed E-state index contributed by atoms with van der Waals surface area (Å²) in [6.07, 6.45) is 3.31. The predicted octanol–water partition coefficient (Wildman–Crippen LogP) is 2.79. The Morgan fingerprint density at radius 1 is 1.35 bits per heavy atom. The van der Waals surface area contributed by atoms with Crippen molar-refractivity contribution in [2.75, 3.05) is 6.54 Å². The van der Waals surface area contributed by atoms with Crippen LogP contribution in [0.2, 0.25) is 5.02 Å². The molecule has 2 N–H and O–H groups in total. The van der Waals surface area contributed by atoms with Gasteiger partial charge in [-0.05, 0) is 30.2 Å². The van der Waals surface area contributed by atoms with Gasteiger partial charge in [0.05, 0.1) is 6.20 Å². The van der Waals surface area contributed by atoms with E-state index in [1.807, 2.05) is 13.8 Å². The summed E-state index contributed by atoms with van der Waals surface area (Å²) in [5, 5.41) is 10.5. The van der Waals surface area contributed by atoms with Crippen LogP contribution in [0.3, 0.4) is 0 Å². The Labute approximate surface area is 157 Å². The first-order valence-electron chi connectivity index (χ1n) is 8.86. The smallest absolute Gasteiger partial charge is 0.251 e. The van der Waals surface area contributed by atoms with Gasteiger partial charge in [0.2, 0.25) is 5.91 Å². The molecule has 6 nitrogen and oxygen atoms in total. The quantitative estimate of drug-likeness (QED) is 0.844. The molecule has 1 aromatic carbocycles. The predicted molar refractivity (Wildman–Crippen MR) is 99.9 cm³/mol. The van der Waals surface area contributed by atoms with Crippen molar-refractivity contribution in [2.24, 2.45) is 5.92 Å². The monoisotopic (exact) mass is 374 g/mol. The summed E-state index contributed by atoms with van der Waals surface area (Å²) in [5.74, 6) is -0.278. The zero-order chi connectivity index (χ0) is 18.7. The summed E-state index contributed by atoms with van der Waals surface area (Å²) in [6.45, 7) is 5.15. The lowest BCUT2D eigenvalue weighted by molar-refractivity contribution is -0.135. The standard InChI is InChI=1S/C19H23ClN4O2/c1-3-12(2)17(22-18(25)13-4-6-15(20)7-5-13)19(26)24-9-8-16-14(11-24)10-21-23-16/h4-7,10,12,17H,3,8-9,11H2,1-2H3,(H,21,23)(H,22,25). The van der Waals surface area contributed by atoms with E-state index in [0.717, 1.165) is 24.1 Å². The number of carbonyl (C=O) groups is 2. The van der Waals surface area contributed by atoms with Crippen LogP contribution in [0, 0.1) is 5.92 Å². The molecular formula is C19H23ClN4O2. The summed E-state index contributed by atoms with van der Waals surface area (Å²) in [4.78, 5) is 27.5. The molecule has 1 aliphatic rings. The van der Waals surface area contributed by atoms with Gasteiger partial charge >= 0.3 is 0 Å². The van der Waals surface area contributed by atoms with Gasteiger partial charge in [-0.15, -0.1) is 0 Å². The minimum atomic E-state index is -0.559. The number of nitrogens with one attached hydrogen (secondary N) is 2. The van der Waals surface area contributed by atoms with Crippen molar-refractivity contribution in [2.45, 2.75) is 39.3 Å². The number of amides is 2. The van der Waals surface area contributed by atoms with E-state index in [4.69, 9.17) is 11.6 Å². The van der Waals surface area contributed by atoms with Crippen LogP contribution in [0.15, 0.2) is 30.5 Å². The minimum Gasteiger partial charge on any atom is -0.340 e. The summed E-state index contributed by atoms with van der Waals surface area (Å²) < 4.78 is 0. The third-order valence-corrected chi connectivity index (χ3v) is 5.24. The highest BCUT2D eigenvalue weighted by Crippen LogP contribution is 2.20. The van der Waals surface area contributed by atoms with Crippen LogP contribution in [-0.2, 0) is 17.8 Å². The molecule has 2 amide bonds. The summed E-state index contributed by atoms with van der Waals surface area (Å²) in [6, 6.07) is 6.10. The molecule has 0 spiro atoms. The van der Waals surface area contributed by atoms with Crippen LogP contribution in [0.4, 0.5) is 0 Å². The van der Waals surface area contributed by atoms with E-state index in [2.05, 4.69) is 15.5 Å². The Morgan fingerprint density at radius 3 is 2.77 bits per heavy atom. The number of H-pyrrole nitrogens is 1. The van der Waals surface area contributed by atoms with Crippen LogP contribution < -0.4 is 5.32 Å². The first-order valence-corrected chi connectivity index (χ1v) is 9.23. The molecule has 0 saturated carbocycles. The van der Waals surface area contributed by atoms with Crippen molar-refractivity contribution in [1.82, 2.24) is 20.4 Å². The van der Waals surface area contributed by atoms with Gasteiger partial charge in [-0.3, -0.25) is 14.7 Å². The third-order valence-electron chi connectivity index (χ3n) is 4.98. The van der Waals surface area contributed by atoms with Gasteiger partial charge in [-0.25, -0.2) is 0 Å². The van der Waals surface area contributed by atoms with E-state index >= 15 is 0 Å². The van der Waals surface area contributed by atoms with Crippen molar-refractivity contribution >= 4 is 23.4 Å². The van der Waals surface area contributed by atoms with E-state index in [1.54, 1.807) is 35.4 Å². The van der Waals surface area contributed by atoms with Gasteiger partial charge in [0.25, 0.3) is 5.91 Å². The van der Waals surface area contributed by atoms with Crippen LogP contribution in [0.5, 0.6) is 0 Å². The van der Waals surface area contributed by atoms with Gasteiger partial charge in [0.15, 0.2) is 0 Å². The fourth-order valence-electron chi connectivity index (χ4n) is 3.12. The first-order chi connectivity index (χ1) is 12.5. The number of hydrogen-bond donors (Lipinski definition) is 2. The van der Waals surface area contributed by atoms with E-state index in [1.165, 1.54) is 0 Å². The number of benzene rings is 1. The lowest BCUT2D eigenvalue weighted by atomic mass is 9.96. The maximum atomic E-state index is 13.1. The van der Waals surface area contributed by atoms with E-state index in [0.29, 0.717) is 23.7 Å². The molecule has 2 atom stereocenters. The van der Waals surface area contributed by atoms with E-state index in [-0.39, 0.29) is 17.7 Å². The lowest BCUT2D eigenvalue weighted by Gasteiger charge is -2.32. The van der Waals surface area contributed by atoms with Crippen molar-refractivity contribution in [3.63, 3.8) is 0 Å². The Kier molecular flexibility index (Phi) is 5.61. The molecule has 3 rings (SSSR count). The zero-order valence-corrected chi connectivity index (χ0v) is 15.7. The molecule has 2 aromatic rings. The highest BCUT2D eigenvalue weighted by molar-refractivity contribution is 6.30. The van der Waals surface area contributed by atoms with Crippen molar-refractivity contribution in [3.05, 3.63) is 52.3 Å². The number of hydrogen-bond acceptors (Lipinski definition) is 3. The van der Waals surface area contributed by atoms with E-state index < -0.39 is 6.04 Å². The summed E-state index contributed by atoms with van der Waals surface area (Å²) in [5.41, 5.74) is 2.61. The van der Waals surface area contributed by atoms with Gasteiger partial charge in [0.1, 0.15) is 6.04 Å². The molecule has 1 aliphatic heterocycles. The van der Waals surface area contributed by atoms with Gasteiger partial charge in [-0.2, -0.15) is 5.10 Å². The molecule has 138 valence electrons. The van der Waals surface area contributed by atoms with Crippen LogP contribution in [0.1, 0.15) is 41.9 Å². The number of aromatic amines is 1. The van der Waals surface area contributed by atoms with Crippen LogP contribution in [0.25, 0.3) is 0 Å². The molecule has 2 unspecified atom stereocenters. The topological polar surface area (TPSA) is 78.1 Å². The Bertz CT molecular complexity index is 787. The highest BCUT2D eigenvalue weighted by atomic mass is 35.5. The fourth-order valence-corrected chi connectivity index (χ4v) is 3.24. The second kappa shape index (κ2) is 7.91. The number of nitrogens with zero attached hydrogens (tertiary/aromatic N) is 2. The van der Waals surface area contributed by atoms with Crippen LogP contribution >= 0.6 is 11.6 Å². The Balaban J connectivity index is 1.74. The number of carbonyl (C=O) groups excluding carboxylic acids is 2. The number of aromatic nitrogens is 2. The second-order valence-electron chi connectivity index (χ2n) is 6.73. The van der Waals surface area contributed by atoms with Crippen molar-refractivity contribution in [3.8, 4) is 0 Å². The number of fused-ring (bicyclic) bond motifs is 1. The number of halogens is 1. The molecule has 0 bridgehead atoms. The molecule has 26 heavy (non-hydrogen) atoms. The third kappa shape index (κ3) is 3.90. The molecule has 1 aromatic heterocycles. The highest BCUT2D eigenvalue weighted by Gasteiger charge is 2.32. The maximum absolute atomic E-state index is 13.1. The molecule has 0 radical (unpaired) electrons. The molecular weight excluding hydrogens is 352 g/mol. The lowest BCUT2D eigenvalue weighted by Crippen LogP contribution is -2.52. The van der Waals surface area contributed by atoms with E-state index in [9.17, 15) is 9.59 Å². The second-order valence-corrected chi connectivity index (χ2v) is 7.16. The van der Waals surface area contributed by atoms with Gasteiger partial charge < -0.3 is 10.2 Å². The maximum Gasteiger partial charge on any atom is 0.251 e. The average molecular weight is 375 g/mol. The average Bonchev–Trinajstić information content (AvgIpc) is 3.13. The largest absolute Gasteiger partial charge is 0.340 e. The fraction of sp³-hybridized carbons (Fsp3) is 0.421. The first kappa shape index (κ1) is 18.5. The SMILES string of the molecule is CCC(C)C(NC(=O)c1ccc(Cl)cc1)C(=O)N1CCc2[nH]ncc2C1. The number of rotatable bonds is 5. The molecule has 0 fully saturated rings. The Hall–Kier alpha value is -2.34. The van der Waals surface area contributed by atoms with Crippen LogP contribution in [-0.4, -0.2) is 39.5 Å². The molecule has 7 heteroatoms. The van der Waals surface area contributed by atoms with Gasteiger partial charge in [-0.1, -0.05) is 31.9 Å². The molecule has 2 heterocycles.